The summed E-state index contributed by atoms with van der Waals surface area (Å²) in [5.74, 6) is 0. The minimum atomic E-state index is 0.426. The second-order valence-electron chi connectivity index (χ2n) is 3.54. The van der Waals surface area contributed by atoms with Crippen LogP contribution in [0.15, 0.2) is 47.7 Å². The number of nitrogens with one attached hydrogen (secondary N) is 1. The lowest BCUT2D eigenvalue weighted by Crippen LogP contribution is -2.27. The molecule has 1 aliphatic heterocycles. The van der Waals surface area contributed by atoms with Crippen LogP contribution in [0, 0.1) is 0 Å². The van der Waals surface area contributed by atoms with Gasteiger partial charge in [0.25, 0.3) is 0 Å². The van der Waals surface area contributed by atoms with Crippen molar-refractivity contribution in [2.24, 2.45) is 0 Å². The third kappa shape index (κ3) is 1.74. The van der Waals surface area contributed by atoms with Crippen molar-refractivity contribution in [3.05, 3.63) is 47.7 Å². The Kier molecular flexibility index (Phi) is 2.35. The van der Waals surface area contributed by atoms with Crippen LogP contribution in [0.3, 0.4) is 0 Å². The molecule has 0 aromatic rings. The lowest BCUT2D eigenvalue weighted by Gasteiger charge is -2.23. The maximum atomic E-state index is 3.36. The number of hydrogen-bond acceptors (Lipinski definition) is 1. The van der Waals surface area contributed by atoms with E-state index >= 15 is 0 Å². The van der Waals surface area contributed by atoms with Crippen LogP contribution in [-0.4, -0.2) is 6.04 Å². The van der Waals surface area contributed by atoms with E-state index in [4.69, 9.17) is 0 Å². The Balaban J connectivity index is 2.19. The SMILES string of the molecule is CC1=C(C2C=CC=CN2)CCC=C1. The van der Waals surface area contributed by atoms with Crippen LogP contribution in [0.1, 0.15) is 19.8 Å². The first-order valence-electron chi connectivity index (χ1n) is 4.83. The van der Waals surface area contributed by atoms with Gasteiger partial charge in [0.15, 0.2) is 0 Å². The first-order valence-corrected chi connectivity index (χ1v) is 4.83. The Morgan fingerprint density at radius 1 is 1.38 bits per heavy atom. The highest BCUT2D eigenvalue weighted by Crippen LogP contribution is 2.23. The summed E-state index contributed by atoms with van der Waals surface area (Å²) in [5, 5.41) is 3.36. The monoisotopic (exact) mass is 173 g/mol. The summed E-state index contributed by atoms with van der Waals surface area (Å²) in [6, 6.07) is 0.426. The van der Waals surface area contributed by atoms with Crippen LogP contribution >= 0.6 is 0 Å². The minimum Gasteiger partial charge on any atom is -0.381 e. The molecule has 68 valence electrons. The van der Waals surface area contributed by atoms with Crippen molar-refractivity contribution >= 4 is 0 Å². The van der Waals surface area contributed by atoms with E-state index in [1.54, 1.807) is 0 Å². The number of dihydropyridines is 1. The number of allylic oxidation sites excluding steroid dienone is 5. The van der Waals surface area contributed by atoms with Crippen molar-refractivity contribution in [2.45, 2.75) is 25.8 Å². The van der Waals surface area contributed by atoms with Gasteiger partial charge >= 0.3 is 0 Å². The first-order chi connectivity index (χ1) is 6.38. The van der Waals surface area contributed by atoms with E-state index in [9.17, 15) is 0 Å². The summed E-state index contributed by atoms with van der Waals surface area (Å²) in [6.07, 6.45) is 15.2. The molecule has 1 heteroatoms. The zero-order valence-electron chi connectivity index (χ0n) is 7.96. The van der Waals surface area contributed by atoms with Gasteiger partial charge in [0.1, 0.15) is 0 Å². The molecule has 2 rings (SSSR count). The third-order valence-corrected chi connectivity index (χ3v) is 2.62. The second-order valence-corrected chi connectivity index (χ2v) is 3.54. The summed E-state index contributed by atoms with van der Waals surface area (Å²) in [5.41, 5.74) is 2.95. The third-order valence-electron chi connectivity index (χ3n) is 2.62. The zero-order chi connectivity index (χ0) is 9.10. The van der Waals surface area contributed by atoms with Gasteiger partial charge in [0.2, 0.25) is 0 Å². The average Bonchev–Trinajstić information content (AvgIpc) is 2.20. The van der Waals surface area contributed by atoms with Gasteiger partial charge in [-0.1, -0.05) is 24.3 Å². The summed E-state index contributed by atoms with van der Waals surface area (Å²) in [6.45, 7) is 2.19. The number of rotatable bonds is 1. The van der Waals surface area contributed by atoms with E-state index in [0.29, 0.717) is 6.04 Å². The molecule has 0 aromatic carbocycles. The smallest absolute Gasteiger partial charge is 0.0661 e. The molecular weight excluding hydrogens is 158 g/mol. The van der Waals surface area contributed by atoms with Crippen LogP contribution in [0.4, 0.5) is 0 Å². The van der Waals surface area contributed by atoms with Crippen LogP contribution in [0.2, 0.25) is 0 Å². The van der Waals surface area contributed by atoms with Gasteiger partial charge in [-0.15, -0.1) is 0 Å². The van der Waals surface area contributed by atoms with Crippen LogP contribution < -0.4 is 5.32 Å². The van der Waals surface area contributed by atoms with Gasteiger partial charge in [-0.3, -0.25) is 0 Å². The van der Waals surface area contributed by atoms with Gasteiger partial charge in [0, 0.05) is 0 Å². The topological polar surface area (TPSA) is 12.0 Å². The molecule has 0 spiro atoms. The lowest BCUT2D eigenvalue weighted by molar-refractivity contribution is 0.725. The fourth-order valence-electron chi connectivity index (χ4n) is 1.87. The van der Waals surface area contributed by atoms with Crippen molar-refractivity contribution in [3.8, 4) is 0 Å². The van der Waals surface area contributed by atoms with Gasteiger partial charge in [0.05, 0.1) is 6.04 Å². The molecule has 2 aliphatic rings. The standard InChI is InChI=1S/C12H15N/c1-10-6-2-3-7-11(10)12-8-4-5-9-13-12/h2,4-6,8-9,12-13H,3,7H2,1H3. The van der Waals surface area contributed by atoms with Crippen molar-refractivity contribution < 1.29 is 0 Å². The quantitative estimate of drug-likeness (QED) is 0.643. The normalized spacial score (nSPS) is 26.4. The van der Waals surface area contributed by atoms with Crippen LogP contribution in [0.5, 0.6) is 0 Å². The molecule has 0 saturated heterocycles. The van der Waals surface area contributed by atoms with E-state index < -0.39 is 0 Å². The fourth-order valence-corrected chi connectivity index (χ4v) is 1.87. The Hall–Kier alpha value is -1.24. The first kappa shape index (κ1) is 8.36. The molecule has 1 nitrogen and oxygen atoms in total. The number of hydrogen-bond donors (Lipinski definition) is 1. The Bertz CT molecular complexity index is 305. The molecule has 1 atom stereocenters. The van der Waals surface area contributed by atoms with E-state index in [1.165, 1.54) is 24.0 Å². The van der Waals surface area contributed by atoms with E-state index in [1.807, 2.05) is 12.3 Å². The molecule has 0 amide bonds. The second kappa shape index (κ2) is 3.65. The van der Waals surface area contributed by atoms with E-state index in [-0.39, 0.29) is 0 Å². The fraction of sp³-hybridized carbons (Fsp3) is 0.333. The zero-order valence-corrected chi connectivity index (χ0v) is 7.96. The maximum absolute atomic E-state index is 3.36. The minimum absolute atomic E-state index is 0.426. The predicted octanol–water partition coefficient (Wildman–Crippen LogP) is 2.69. The molecule has 1 unspecified atom stereocenters. The highest BCUT2D eigenvalue weighted by molar-refractivity contribution is 5.35. The molecule has 1 aliphatic carbocycles. The van der Waals surface area contributed by atoms with Gasteiger partial charge in [-0.25, -0.2) is 0 Å². The molecule has 0 saturated carbocycles. The summed E-state index contributed by atoms with van der Waals surface area (Å²) in [4.78, 5) is 0. The van der Waals surface area contributed by atoms with E-state index in [2.05, 4.69) is 36.5 Å². The van der Waals surface area contributed by atoms with Gasteiger partial charge in [-0.05, 0) is 43.2 Å². The lowest BCUT2D eigenvalue weighted by atomic mass is 9.92. The molecule has 1 heterocycles. The average molecular weight is 173 g/mol. The van der Waals surface area contributed by atoms with Crippen LogP contribution in [0.25, 0.3) is 0 Å². The molecule has 0 radical (unpaired) electrons. The molecule has 0 bridgehead atoms. The molecule has 0 fully saturated rings. The van der Waals surface area contributed by atoms with Gasteiger partial charge < -0.3 is 5.32 Å². The van der Waals surface area contributed by atoms with Crippen molar-refractivity contribution in [3.63, 3.8) is 0 Å². The van der Waals surface area contributed by atoms with E-state index in [0.717, 1.165) is 0 Å². The van der Waals surface area contributed by atoms with Gasteiger partial charge in [-0.2, -0.15) is 0 Å². The molecule has 0 aromatic heterocycles. The highest BCUT2D eigenvalue weighted by atomic mass is 14.9. The van der Waals surface area contributed by atoms with Crippen molar-refractivity contribution in [1.82, 2.24) is 5.32 Å². The van der Waals surface area contributed by atoms with Crippen LogP contribution in [-0.2, 0) is 0 Å². The largest absolute Gasteiger partial charge is 0.381 e. The summed E-state index contributed by atoms with van der Waals surface area (Å²) < 4.78 is 0. The predicted molar refractivity (Wildman–Crippen MR) is 56.3 cm³/mol. The Morgan fingerprint density at radius 2 is 2.31 bits per heavy atom. The molecular formula is C12H15N. The summed E-state index contributed by atoms with van der Waals surface area (Å²) in [7, 11) is 0. The maximum Gasteiger partial charge on any atom is 0.0661 e. The Morgan fingerprint density at radius 3 is 3.00 bits per heavy atom. The molecule has 1 N–H and O–H groups in total. The van der Waals surface area contributed by atoms with Crippen molar-refractivity contribution in [1.29, 1.82) is 0 Å². The summed E-state index contributed by atoms with van der Waals surface area (Å²) >= 11 is 0. The molecule has 13 heavy (non-hydrogen) atoms. The highest BCUT2D eigenvalue weighted by Gasteiger charge is 2.13. The Labute approximate surface area is 79.5 Å². The van der Waals surface area contributed by atoms with Crippen molar-refractivity contribution in [2.75, 3.05) is 0 Å².